The lowest BCUT2D eigenvalue weighted by Crippen LogP contribution is -2.19. The van der Waals surface area contributed by atoms with Gasteiger partial charge in [-0.05, 0) is 63.6 Å². The summed E-state index contributed by atoms with van der Waals surface area (Å²) < 4.78 is 0.842. The Kier molecular flexibility index (Phi) is 4.82. The van der Waals surface area contributed by atoms with Gasteiger partial charge >= 0.3 is 5.97 Å². The number of para-hydroxylation sites is 1. The number of rotatable bonds is 3. The summed E-state index contributed by atoms with van der Waals surface area (Å²) in [4.78, 5) is 27.8. The molecule has 0 radical (unpaired) electrons. The number of thioether (sulfide) groups is 1. The first-order chi connectivity index (χ1) is 11.5. The van der Waals surface area contributed by atoms with E-state index >= 15 is 0 Å². The van der Waals surface area contributed by atoms with Crippen LogP contribution in [0.1, 0.15) is 15.9 Å². The summed E-state index contributed by atoms with van der Waals surface area (Å²) in [6.07, 6.45) is 1.70. The second kappa shape index (κ2) is 7.02. The first kappa shape index (κ1) is 16.5. The van der Waals surface area contributed by atoms with E-state index in [-0.39, 0.29) is 11.5 Å². The Morgan fingerprint density at radius 1 is 1.17 bits per heavy atom. The molecule has 2 aromatic rings. The number of hydrogen-bond donors (Lipinski definition) is 2. The Balaban J connectivity index is 1.82. The highest BCUT2D eigenvalue weighted by molar-refractivity contribution is 9.10. The van der Waals surface area contributed by atoms with Gasteiger partial charge in [-0.2, -0.15) is 0 Å². The molecule has 1 fully saturated rings. The number of halogens is 1. The fourth-order valence-corrected chi connectivity index (χ4v) is 3.21. The zero-order valence-corrected chi connectivity index (χ0v) is 14.6. The van der Waals surface area contributed by atoms with Crippen molar-refractivity contribution in [2.45, 2.75) is 0 Å². The average Bonchev–Trinajstić information content (AvgIpc) is 2.90. The number of carbonyl (C=O) groups is 2. The zero-order valence-electron chi connectivity index (χ0n) is 12.2. The third kappa shape index (κ3) is 3.74. The summed E-state index contributed by atoms with van der Waals surface area (Å²) in [6.45, 7) is 0. The van der Waals surface area contributed by atoms with Crippen LogP contribution in [0.2, 0.25) is 0 Å². The number of amides is 1. The van der Waals surface area contributed by atoms with Crippen LogP contribution >= 0.6 is 27.7 Å². The maximum Gasteiger partial charge on any atom is 0.335 e. The van der Waals surface area contributed by atoms with Gasteiger partial charge in [0, 0.05) is 4.47 Å². The van der Waals surface area contributed by atoms with Crippen molar-refractivity contribution in [3.8, 4) is 0 Å². The van der Waals surface area contributed by atoms with Gasteiger partial charge < -0.3 is 10.4 Å². The van der Waals surface area contributed by atoms with Gasteiger partial charge in [-0.15, -0.1) is 0 Å². The monoisotopic (exact) mass is 402 g/mol. The lowest BCUT2D eigenvalue weighted by molar-refractivity contribution is -0.115. The van der Waals surface area contributed by atoms with Gasteiger partial charge in [-0.1, -0.05) is 24.3 Å². The van der Waals surface area contributed by atoms with Crippen molar-refractivity contribution < 1.29 is 14.7 Å². The molecule has 0 aromatic heterocycles. The zero-order chi connectivity index (χ0) is 17.1. The minimum Gasteiger partial charge on any atom is -0.478 e. The van der Waals surface area contributed by atoms with E-state index in [9.17, 15) is 9.59 Å². The number of carboxylic acid groups (broad SMARTS) is 1. The predicted octanol–water partition coefficient (Wildman–Crippen LogP) is 4.04. The summed E-state index contributed by atoms with van der Waals surface area (Å²) in [5.41, 5.74) is 1.68. The van der Waals surface area contributed by atoms with Crippen LogP contribution in [0.5, 0.6) is 0 Å². The average molecular weight is 403 g/mol. The standard InChI is InChI=1S/C17H11BrN2O3S/c18-12-3-1-2-4-13(12)19-17-20-15(21)14(24-17)9-10-5-7-11(8-6-10)16(22)23/h1-9H,(H,22,23)(H,19,20,21)/b14-9+. The molecule has 3 rings (SSSR count). The summed E-state index contributed by atoms with van der Waals surface area (Å²) in [7, 11) is 0. The molecular formula is C17H11BrN2O3S. The molecule has 1 saturated heterocycles. The number of amidine groups is 1. The van der Waals surface area contributed by atoms with E-state index in [0.29, 0.717) is 10.1 Å². The van der Waals surface area contributed by atoms with Gasteiger partial charge in [-0.25, -0.2) is 9.79 Å². The van der Waals surface area contributed by atoms with Gasteiger partial charge in [0.05, 0.1) is 16.2 Å². The molecule has 5 nitrogen and oxygen atoms in total. The van der Waals surface area contributed by atoms with Crippen molar-refractivity contribution >= 4 is 56.5 Å². The third-order valence-electron chi connectivity index (χ3n) is 3.18. The molecule has 0 bridgehead atoms. The molecule has 0 atom stereocenters. The van der Waals surface area contributed by atoms with Crippen molar-refractivity contribution in [3.63, 3.8) is 0 Å². The van der Waals surface area contributed by atoms with Crippen molar-refractivity contribution in [2.75, 3.05) is 0 Å². The van der Waals surface area contributed by atoms with Gasteiger partial charge in [0.15, 0.2) is 5.17 Å². The molecule has 24 heavy (non-hydrogen) atoms. The molecule has 1 aliphatic heterocycles. The molecule has 1 heterocycles. The molecule has 1 aliphatic rings. The fraction of sp³-hybridized carbons (Fsp3) is 0. The normalized spacial score (nSPS) is 17.3. The van der Waals surface area contributed by atoms with E-state index in [1.165, 1.54) is 23.9 Å². The van der Waals surface area contributed by atoms with Crippen LogP contribution in [-0.4, -0.2) is 22.2 Å². The number of benzene rings is 2. The lowest BCUT2D eigenvalue weighted by Gasteiger charge is -1.98. The summed E-state index contributed by atoms with van der Waals surface area (Å²) in [5.74, 6) is -1.21. The van der Waals surface area contributed by atoms with E-state index in [2.05, 4.69) is 26.2 Å². The second-order valence-electron chi connectivity index (χ2n) is 4.86. The number of nitrogens with one attached hydrogen (secondary N) is 1. The molecule has 2 aromatic carbocycles. The minimum atomic E-state index is -0.981. The summed E-state index contributed by atoms with van der Waals surface area (Å²) in [6, 6.07) is 13.8. The van der Waals surface area contributed by atoms with E-state index in [4.69, 9.17) is 5.11 Å². The highest BCUT2D eigenvalue weighted by Gasteiger charge is 2.24. The first-order valence-corrected chi connectivity index (χ1v) is 8.51. The van der Waals surface area contributed by atoms with Gasteiger partial charge in [0.2, 0.25) is 0 Å². The molecule has 120 valence electrons. The minimum absolute atomic E-state index is 0.205. The molecule has 1 amide bonds. The number of hydrogen-bond acceptors (Lipinski definition) is 4. The Bertz CT molecular complexity index is 876. The van der Waals surface area contributed by atoms with Crippen molar-refractivity contribution in [1.82, 2.24) is 5.32 Å². The van der Waals surface area contributed by atoms with Crippen LogP contribution in [0.3, 0.4) is 0 Å². The molecule has 0 unspecified atom stereocenters. The number of aromatic carboxylic acids is 1. The Morgan fingerprint density at radius 3 is 2.54 bits per heavy atom. The van der Waals surface area contributed by atoms with Crippen LogP contribution in [0.4, 0.5) is 5.69 Å². The fourth-order valence-electron chi connectivity index (χ4n) is 2.01. The molecule has 7 heteroatoms. The topological polar surface area (TPSA) is 78.8 Å². The number of carboxylic acids is 1. The molecule has 0 saturated carbocycles. The van der Waals surface area contributed by atoms with Crippen LogP contribution < -0.4 is 5.32 Å². The Labute approximate surface area is 150 Å². The molecule has 0 aliphatic carbocycles. The first-order valence-electron chi connectivity index (χ1n) is 6.90. The van der Waals surface area contributed by atoms with Crippen LogP contribution in [0.25, 0.3) is 6.08 Å². The maximum atomic E-state index is 12.1. The SMILES string of the molecule is O=C1NC(=Nc2ccccc2Br)S/C1=C/c1ccc(C(=O)O)cc1. The van der Waals surface area contributed by atoms with E-state index < -0.39 is 5.97 Å². The van der Waals surface area contributed by atoms with Gasteiger partial charge in [-0.3, -0.25) is 4.79 Å². The predicted molar refractivity (Wildman–Crippen MR) is 98.3 cm³/mol. The number of aliphatic imine (C=N–C) groups is 1. The number of carbonyl (C=O) groups excluding carboxylic acids is 1. The molecular weight excluding hydrogens is 392 g/mol. The van der Waals surface area contributed by atoms with Crippen molar-refractivity contribution in [1.29, 1.82) is 0 Å². The van der Waals surface area contributed by atoms with Crippen molar-refractivity contribution in [3.05, 3.63) is 69.0 Å². The quantitative estimate of drug-likeness (QED) is 0.759. The van der Waals surface area contributed by atoms with Crippen LogP contribution in [0.15, 0.2) is 62.9 Å². The lowest BCUT2D eigenvalue weighted by atomic mass is 10.1. The highest BCUT2D eigenvalue weighted by Crippen LogP contribution is 2.30. The van der Waals surface area contributed by atoms with Crippen LogP contribution in [-0.2, 0) is 4.79 Å². The number of nitrogens with zero attached hydrogens (tertiary/aromatic N) is 1. The summed E-state index contributed by atoms with van der Waals surface area (Å²) >= 11 is 4.66. The maximum absolute atomic E-state index is 12.1. The van der Waals surface area contributed by atoms with E-state index in [1.807, 2.05) is 24.3 Å². The largest absolute Gasteiger partial charge is 0.478 e. The Hall–Kier alpha value is -2.38. The van der Waals surface area contributed by atoms with Crippen LogP contribution in [0, 0.1) is 0 Å². The smallest absolute Gasteiger partial charge is 0.335 e. The third-order valence-corrected chi connectivity index (χ3v) is 4.76. The van der Waals surface area contributed by atoms with E-state index in [0.717, 1.165) is 15.7 Å². The molecule has 2 N–H and O–H groups in total. The highest BCUT2D eigenvalue weighted by atomic mass is 79.9. The van der Waals surface area contributed by atoms with Crippen molar-refractivity contribution in [2.24, 2.45) is 4.99 Å². The molecule has 0 spiro atoms. The van der Waals surface area contributed by atoms with Gasteiger partial charge in [0.1, 0.15) is 0 Å². The van der Waals surface area contributed by atoms with Gasteiger partial charge in [0.25, 0.3) is 5.91 Å². The Morgan fingerprint density at radius 2 is 1.88 bits per heavy atom. The summed E-state index contributed by atoms with van der Waals surface area (Å²) in [5, 5.41) is 12.1. The second-order valence-corrected chi connectivity index (χ2v) is 6.75. The van der Waals surface area contributed by atoms with E-state index in [1.54, 1.807) is 18.2 Å².